The van der Waals surface area contributed by atoms with Gasteiger partial charge in [-0.2, -0.15) is 0 Å². The van der Waals surface area contributed by atoms with Crippen molar-refractivity contribution in [3.63, 3.8) is 0 Å². The summed E-state index contributed by atoms with van der Waals surface area (Å²) in [6, 6.07) is 0. The van der Waals surface area contributed by atoms with Crippen LogP contribution in [-0.4, -0.2) is 11.5 Å². The molecule has 0 aromatic carbocycles. The molecule has 1 rings (SSSR count). The van der Waals surface area contributed by atoms with Crippen molar-refractivity contribution in [2.24, 2.45) is 5.73 Å². The van der Waals surface area contributed by atoms with Crippen LogP contribution >= 0.6 is 11.3 Å². The van der Waals surface area contributed by atoms with E-state index in [4.69, 9.17) is 5.73 Å². The number of rotatable bonds is 5. The third-order valence-corrected chi connectivity index (χ3v) is 3.22. The first-order chi connectivity index (χ1) is 6.31. The Balaban J connectivity index is 2.67. The molecule has 0 aliphatic heterocycles. The zero-order valence-corrected chi connectivity index (χ0v) is 9.23. The molecule has 2 nitrogen and oxygen atoms in total. The second-order valence-electron chi connectivity index (χ2n) is 3.24. The molecule has 1 heterocycles. The van der Waals surface area contributed by atoms with Crippen molar-refractivity contribution >= 4 is 11.3 Å². The molecule has 0 fully saturated rings. The predicted octanol–water partition coefficient (Wildman–Crippen LogP) is 2.55. The predicted molar refractivity (Wildman–Crippen MR) is 58.2 cm³/mol. The minimum Gasteiger partial charge on any atom is -0.330 e. The maximum Gasteiger partial charge on any atom is 0.0925 e. The molecule has 0 saturated heterocycles. The molecular weight excluding hydrogens is 180 g/mol. The average molecular weight is 198 g/mol. The van der Waals surface area contributed by atoms with Gasteiger partial charge in [0, 0.05) is 17.8 Å². The Bertz CT molecular complexity index is 245. The molecule has 0 bridgehead atoms. The van der Waals surface area contributed by atoms with Crippen LogP contribution < -0.4 is 5.73 Å². The Labute approximate surface area is 84.2 Å². The molecule has 1 unspecified atom stereocenters. The number of nitrogens with zero attached hydrogens (tertiary/aromatic N) is 1. The molecule has 0 aliphatic rings. The van der Waals surface area contributed by atoms with Gasteiger partial charge in [-0.05, 0) is 12.8 Å². The fraction of sp³-hybridized carbons (Fsp3) is 0.700. The SMILES string of the molecule is CCCC(CN)c1csc(CC)n1. The number of aryl methyl sites for hydroxylation is 1. The van der Waals surface area contributed by atoms with Gasteiger partial charge >= 0.3 is 0 Å². The van der Waals surface area contributed by atoms with Gasteiger partial charge in [0.05, 0.1) is 10.7 Å². The lowest BCUT2D eigenvalue weighted by Crippen LogP contribution is -2.12. The van der Waals surface area contributed by atoms with Crippen molar-refractivity contribution in [1.29, 1.82) is 0 Å². The van der Waals surface area contributed by atoms with E-state index in [0.717, 1.165) is 19.4 Å². The van der Waals surface area contributed by atoms with E-state index < -0.39 is 0 Å². The number of hydrogen-bond acceptors (Lipinski definition) is 3. The van der Waals surface area contributed by atoms with Gasteiger partial charge < -0.3 is 5.73 Å². The molecule has 3 heteroatoms. The Hall–Kier alpha value is -0.410. The van der Waals surface area contributed by atoms with E-state index in [0.29, 0.717) is 5.92 Å². The van der Waals surface area contributed by atoms with Gasteiger partial charge in [0.2, 0.25) is 0 Å². The first kappa shape index (κ1) is 10.7. The highest BCUT2D eigenvalue weighted by atomic mass is 32.1. The zero-order valence-electron chi connectivity index (χ0n) is 8.42. The van der Waals surface area contributed by atoms with Gasteiger partial charge in [-0.1, -0.05) is 20.3 Å². The average Bonchev–Trinajstić information content (AvgIpc) is 2.62. The Morgan fingerprint density at radius 2 is 2.31 bits per heavy atom. The summed E-state index contributed by atoms with van der Waals surface area (Å²) in [5.41, 5.74) is 6.91. The molecule has 0 saturated carbocycles. The van der Waals surface area contributed by atoms with Crippen LogP contribution in [0.2, 0.25) is 0 Å². The molecule has 1 aromatic heterocycles. The van der Waals surface area contributed by atoms with Crippen molar-refractivity contribution in [2.45, 2.75) is 39.0 Å². The van der Waals surface area contributed by atoms with E-state index in [1.807, 2.05) is 0 Å². The quantitative estimate of drug-likeness (QED) is 0.789. The van der Waals surface area contributed by atoms with Crippen LogP contribution in [0.15, 0.2) is 5.38 Å². The van der Waals surface area contributed by atoms with Gasteiger partial charge in [-0.3, -0.25) is 0 Å². The molecule has 0 aliphatic carbocycles. The molecule has 0 radical (unpaired) electrons. The summed E-state index contributed by atoms with van der Waals surface area (Å²) < 4.78 is 0. The molecule has 0 spiro atoms. The van der Waals surface area contributed by atoms with Crippen LogP contribution in [-0.2, 0) is 6.42 Å². The van der Waals surface area contributed by atoms with Crippen LogP contribution in [0.25, 0.3) is 0 Å². The highest BCUT2D eigenvalue weighted by molar-refractivity contribution is 7.09. The molecule has 1 aromatic rings. The molecule has 13 heavy (non-hydrogen) atoms. The number of hydrogen-bond donors (Lipinski definition) is 1. The van der Waals surface area contributed by atoms with E-state index in [-0.39, 0.29) is 0 Å². The van der Waals surface area contributed by atoms with E-state index in [9.17, 15) is 0 Å². The Morgan fingerprint density at radius 3 is 2.77 bits per heavy atom. The first-order valence-corrected chi connectivity index (χ1v) is 5.84. The van der Waals surface area contributed by atoms with Crippen molar-refractivity contribution in [1.82, 2.24) is 4.98 Å². The van der Waals surface area contributed by atoms with Crippen LogP contribution in [0.1, 0.15) is 43.3 Å². The third kappa shape index (κ3) is 2.78. The fourth-order valence-electron chi connectivity index (χ4n) is 1.41. The standard InChI is InChI=1S/C10H18N2S/c1-3-5-8(6-11)9-7-13-10(4-2)12-9/h7-8H,3-6,11H2,1-2H3. The van der Waals surface area contributed by atoms with Crippen molar-refractivity contribution in [3.8, 4) is 0 Å². The van der Waals surface area contributed by atoms with Crippen LogP contribution in [0, 0.1) is 0 Å². The maximum atomic E-state index is 5.71. The molecule has 74 valence electrons. The number of nitrogens with two attached hydrogens (primary N) is 1. The Kier molecular flexibility index (Phi) is 4.39. The summed E-state index contributed by atoms with van der Waals surface area (Å²) in [6.45, 7) is 5.05. The molecule has 0 amide bonds. The van der Waals surface area contributed by atoms with Gasteiger partial charge in [-0.25, -0.2) is 4.98 Å². The highest BCUT2D eigenvalue weighted by Gasteiger charge is 2.11. The van der Waals surface area contributed by atoms with Gasteiger partial charge in [0.25, 0.3) is 0 Å². The van der Waals surface area contributed by atoms with E-state index >= 15 is 0 Å². The number of thiazole rings is 1. The largest absolute Gasteiger partial charge is 0.330 e. The van der Waals surface area contributed by atoms with E-state index in [1.165, 1.54) is 17.1 Å². The summed E-state index contributed by atoms with van der Waals surface area (Å²) in [7, 11) is 0. The van der Waals surface area contributed by atoms with Crippen molar-refractivity contribution in [2.75, 3.05) is 6.54 Å². The Morgan fingerprint density at radius 1 is 1.54 bits per heavy atom. The lowest BCUT2D eigenvalue weighted by molar-refractivity contribution is 0.608. The summed E-state index contributed by atoms with van der Waals surface area (Å²) in [5, 5.41) is 3.39. The van der Waals surface area contributed by atoms with Gasteiger partial charge in [0.1, 0.15) is 0 Å². The summed E-state index contributed by atoms with van der Waals surface area (Å²) >= 11 is 1.75. The topological polar surface area (TPSA) is 38.9 Å². The fourth-order valence-corrected chi connectivity index (χ4v) is 2.24. The lowest BCUT2D eigenvalue weighted by Gasteiger charge is -2.09. The zero-order chi connectivity index (χ0) is 9.68. The summed E-state index contributed by atoms with van der Waals surface area (Å²) in [6.07, 6.45) is 3.37. The minimum absolute atomic E-state index is 0.474. The van der Waals surface area contributed by atoms with Crippen molar-refractivity contribution in [3.05, 3.63) is 16.1 Å². The van der Waals surface area contributed by atoms with Gasteiger partial charge in [-0.15, -0.1) is 11.3 Å². The molecule has 1 atom stereocenters. The summed E-state index contributed by atoms with van der Waals surface area (Å²) in [5.74, 6) is 0.474. The van der Waals surface area contributed by atoms with E-state index in [1.54, 1.807) is 11.3 Å². The molecule has 2 N–H and O–H groups in total. The second kappa shape index (κ2) is 5.35. The number of aromatic nitrogens is 1. The normalized spacial score (nSPS) is 13.2. The van der Waals surface area contributed by atoms with Crippen LogP contribution in [0.4, 0.5) is 0 Å². The molecular formula is C10H18N2S. The van der Waals surface area contributed by atoms with Crippen LogP contribution in [0.3, 0.4) is 0 Å². The maximum absolute atomic E-state index is 5.71. The first-order valence-electron chi connectivity index (χ1n) is 4.96. The van der Waals surface area contributed by atoms with E-state index in [2.05, 4.69) is 24.2 Å². The monoisotopic (exact) mass is 198 g/mol. The lowest BCUT2D eigenvalue weighted by atomic mass is 10.0. The van der Waals surface area contributed by atoms with Crippen molar-refractivity contribution < 1.29 is 0 Å². The van der Waals surface area contributed by atoms with Crippen LogP contribution in [0.5, 0.6) is 0 Å². The minimum atomic E-state index is 0.474. The second-order valence-corrected chi connectivity index (χ2v) is 4.18. The van der Waals surface area contributed by atoms with Gasteiger partial charge in [0.15, 0.2) is 0 Å². The smallest absolute Gasteiger partial charge is 0.0925 e. The highest BCUT2D eigenvalue weighted by Crippen LogP contribution is 2.22. The third-order valence-electron chi connectivity index (χ3n) is 2.21. The summed E-state index contributed by atoms with van der Waals surface area (Å²) in [4.78, 5) is 4.56.